The summed E-state index contributed by atoms with van der Waals surface area (Å²) in [5, 5.41) is 14.3. The summed E-state index contributed by atoms with van der Waals surface area (Å²) < 4.78 is 10.8. The lowest BCUT2D eigenvalue weighted by Crippen LogP contribution is -2.35. The molecule has 2 amide bonds. The Hall–Kier alpha value is -4.63. The quantitative estimate of drug-likeness (QED) is 0.219. The van der Waals surface area contributed by atoms with Crippen LogP contribution in [0.4, 0.5) is 0 Å². The number of nitrogens with zero attached hydrogens (tertiary/aromatic N) is 1. The maximum absolute atomic E-state index is 14.0. The van der Waals surface area contributed by atoms with Crippen molar-refractivity contribution < 1.29 is 29.0 Å². The molecule has 0 unspecified atom stereocenters. The minimum Gasteiger partial charge on any atom is -0.497 e. The van der Waals surface area contributed by atoms with Crippen molar-refractivity contribution >= 4 is 29.1 Å². The number of carboxylic acid groups (broad SMARTS) is 1. The van der Waals surface area contributed by atoms with Gasteiger partial charge in [0.2, 0.25) is 0 Å². The number of hydrogen-bond acceptors (Lipinski definition) is 6. The highest BCUT2D eigenvalue weighted by Gasteiger charge is 2.23. The van der Waals surface area contributed by atoms with E-state index in [1.165, 1.54) is 4.90 Å². The molecule has 1 heterocycles. The molecule has 0 aliphatic carbocycles. The van der Waals surface area contributed by atoms with Gasteiger partial charge in [-0.2, -0.15) is 0 Å². The molecule has 4 rings (SSSR count). The van der Waals surface area contributed by atoms with E-state index in [4.69, 9.17) is 9.47 Å². The molecule has 0 fully saturated rings. The van der Waals surface area contributed by atoms with Gasteiger partial charge >= 0.3 is 5.97 Å². The van der Waals surface area contributed by atoms with Gasteiger partial charge in [0.1, 0.15) is 11.5 Å². The molecule has 0 bridgehead atoms. The molecule has 41 heavy (non-hydrogen) atoms. The Morgan fingerprint density at radius 3 is 2.22 bits per heavy atom. The summed E-state index contributed by atoms with van der Waals surface area (Å²) in [7, 11) is 3.15. The van der Waals surface area contributed by atoms with Gasteiger partial charge in [0.25, 0.3) is 11.8 Å². The van der Waals surface area contributed by atoms with Gasteiger partial charge in [0.15, 0.2) is 0 Å². The van der Waals surface area contributed by atoms with Crippen molar-refractivity contribution in [3.05, 3.63) is 106 Å². The van der Waals surface area contributed by atoms with Crippen LogP contribution < -0.4 is 14.8 Å². The standard InChI is InChI=1S/C32H32N2O6S/c1-39-23-13-14-29(40-2)22(20-23)15-17-34(18-16-30(35)36)32(38)28-12-6-4-10-26(28)25-9-3-5-11-27(25)31(37)33-21-24-8-7-19-41-24/h3-14,19-20H,15-18,21H2,1-2H3,(H,33,37)(H,35,36). The lowest BCUT2D eigenvalue weighted by atomic mass is 9.94. The Morgan fingerprint density at radius 1 is 0.854 bits per heavy atom. The monoisotopic (exact) mass is 572 g/mol. The number of benzene rings is 3. The molecule has 2 N–H and O–H groups in total. The number of aliphatic carboxylic acids is 1. The van der Waals surface area contributed by atoms with Crippen LogP contribution >= 0.6 is 11.3 Å². The van der Waals surface area contributed by atoms with Crippen LogP contribution in [-0.2, 0) is 17.8 Å². The van der Waals surface area contributed by atoms with Gasteiger partial charge in [-0.15, -0.1) is 11.3 Å². The summed E-state index contributed by atoms with van der Waals surface area (Å²) in [5.74, 6) is -0.257. The number of methoxy groups -OCH3 is 2. The second-order valence-electron chi connectivity index (χ2n) is 9.22. The van der Waals surface area contributed by atoms with Gasteiger partial charge in [0, 0.05) is 29.1 Å². The predicted octanol–water partition coefficient (Wildman–Crippen LogP) is 5.52. The van der Waals surface area contributed by atoms with Gasteiger partial charge < -0.3 is 24.8 Å². The van der Waals surface area contributed by atoms with Crippen LogP contribution in [0, 0.1) is 0 Å². The number of hydrogen-bond donors (Lipinski definition) is 2. The molecule has 3 aromatic carbocycles. The third-order valence-electron chi connectivity index (χ3n) is 6.64. The second-order valence-corrected chi connectivity index (χ2v) is 10.2. The fourth-order valence-corrected chi connectivity index (χ4v) is 5.19. The van der Waals surface area contributed by atoms with Crippen LogP contribution in [0.2, 0.25) is 0 Å². The van der Waals surface area contributed by atoms with Crippen LogP contribution in [0.25, 0.3) is 11.1 Å². The summed E-state index contributed by atoms with van der Waals surface area (Å²) in [6.45, 7) is 0.687. The van der Waals surface area contributed by atoms with Crippen molar-refractivity contribution in [2.45, 2.75) is 19.4 Å². The third kappa shape index (κ3) is 7.52. The van der Waals surface area contributed by atoms with Gasteiger partial charge in [-0.3, -0.25) is 14.4 Å². The van der Waals surface area contributed by atoms with Crippen molar-refractivity contribution in [1.29, 1.82) is 0 Å². The molecule has 0 saturated heterocycles. The van der Waals surface area contributed by atoms with E-state index < -0.39 is 5.97 Å². The molecule has 0 saturated carbocycles. The Balaban J connectivity index is 1.63. The topological polar surface area (TPSA) is 105 Å². The first-order valence-electron chi connectivity index (χ1n) is 13.1. The number of nitrogens with one attached hydrogen (secondary N) is 1. The fraction of sp³-hybridized carbons (Fsp3) is 0.219. The zero-order valence-electron chi connectivity index (χ0n) is 23.0. The number of carbonyl (C=O) groups excluding carboxylic acids is 2. The van der Waals surface area contributed by atoms with E-state index in [1.807, 2.05) is 41.8 Å². The highest BCUT2D eigenvalue weighted by Crippen LogP contribution is 2.29. The van der Waals surface area contributed by atoms with Gasteiger partial charge in [-0.05, 0) is 64.9 Å². The summed E-state index contributed by atoms with van der Waals surface area (Å²) in [6.07, 6.45) is 0.223. The maximum Gasteiger partial charge on any atom is 0.305 e. The SMILES string of the molecule is COc1ccc(OC)c(CCN(CCC(=O)O)C(=O)c2ccccc2-c2ccccc2C(=O)NCc2cccs2)c1. The zero-order chi connectivity index (χ0) is 29.2. The number of rotatable bonds is 13. The highest BCUT2D eigenvalue weighted by atomic mass is 32.1. The lowest BCUT2D eigenvalue weighted by Gasteiger charge is -2.24. The van der Waals surface area contributed by atoms with Crippen molar-refractivity contribution in [2.24, 2.45) is 0 Å². The smallest absolute Gasteiger partial charge is 0.305 e. The molecule has 4 aromatic rings. The molecular formula is C32H32N2O6S. The Labute approximate surface area is 243 Å². The first-order valence-corrected chi connectivity index (χ1v) is 14.0. The molecule has 1 aromatic heterocycles. The molecule has 0 spiro atoms. The van der Waals surface area contributed by atoms with Gasteiger partial charge in [0.05, 0.1) is 27.2 Å². The van der Waals surface area contributed by atoms with Crippen molar-refractivity contribution in [1.82, 2.24) is 10.2 Å². The summed E-state index contributed by atoms with van der Waals surface area (Å²) >= 11 is 1.56. The summed E-state index contributed by atoms with van der Waals surface area (Å²) in [6, 6.07) is 23.6. The van der Waals surface area contributed by atoms with Crippen LogP contribution in [0.15, 0.2) is 84.2 Å². The molecule has 0 radical (unpaired) electrons. The molecule has 8 nitrogen and oxygen atoms in total. The third-order valence-corrected chi connectivity index (χ3v) is 7.52. The van der Waals surface area contributed by atoms with E-state index in [0.717, 1.165) is 10.4 Å². The molecule has 212 valence electrons. The van der Waals surface area contributed by atoms with E-state index in [0.29, 0.717) is 46.7 Å². The van der Waals surface area contributed by atoms with Crippen molar-refractivity contribution in [3.63, 3.8) is 0 Å². The highest BCUT2D eigenvalue weighted by molar-refractivity contribution is 7.09. The largest absolute Gasteiger partial charge is 0.497 e. The number of ether oxygens (including phenoxy) is 2. The van der Waals surface area contributed by atoms with Crippen LogP contribution in [0.3, 0.4) is 0 Å². The van der Waals surface area contributed by atoms with Crippen molar-refractivity contribution in [2.75, 3.05) is 27.3 Å². The first kappa shape index (κ1) is 29.4. The molecule has 0 atom stereocenters. The lowest BCUT2D eigenvalue weighted by molar-refractivity contribution is -0.137. The molecule has 0 aliphatic heterocycles. The average Bonchev–Trinajstić information content (AvgIpc) is 3.53. The van der Waals surface area contributed by atoms with E-state index in [-0.39, 0.29) is 31.3 Å². The zero-order valence-corrected chi connectivity index (χ0v) is 23.8. The van der Waals surface area contributed by atoms with E-state index in [1.54, 1.807) is 68.0 Å². The number of thiophene rings is 1. The number of carbonyl (C=O) groups is 3. The fourth-order valence-electron chi connectivity index (χ4n) is 4.54. The minimum absolute atomic E-state index is 0.0255. The Kier molecular flexibility index (Phi) is 10.1. The Morgan fingerprint density at radius 2 is 1.56 bits per heavy atom. The summed E-state index contributed by atoms with van der Waals surface area (Å²) in [5.41, 5.74) is 2.88. The van der Waals surface area contributed by atoms with Gasteiger partial charge in [-0.25, -0.2) is 0 Å². The normalized spacial score (nSPS) is 10.6. The van der Waals surface area contributed by atoms with E-state index >= 15 is 0 Å². The number of amides is 2. The maximum atomic E-state index is 14.0. The Bertz CT molecular complexity index is 1500. The average molecular weight is 573 g/mol. The number of carboxylic acids is 1. The minimum atomic E-state index is -0.997. The summed E-state index contributed by atoms with van der Waals surface area (Å²) in [4.78, 5) is 41.2. The molecular weight excluding hydrogens is 540 g/mol. The van der Waals surface area contributed by atoms with Crippen molar-refractivity contribution in [3.8, 4) is 22.6 Å². The van der Waals surface area contributed by atoms with E-state index in [2.05, 4.69) is 5.32 Å². The first-order chi connectivity index (χ1) is 19.9. The second kappa shape index (κ2) is 14.1. The van der Waals surface area contributed by atoms with Crippen LogP contribution in [0.1, 0.15) is 37.6 Å². The molecule has 9 heteroatoms. The van der Waals surface area contributed by atoms with E-state index in [9.17, 15) is 19.5 Å². The predicted molar refractivity (Wildman–Crippen MR) is 159 cm³/mol. The van der Waals surface area contributed by atoms with Gasteiger partial charge in [-0.1, -0.05) is 42.5 Å². The van der Waals surface area contributed by atoms with Crippen LogP contribution in [-0.4, -0.2) is 55.1 Å². The molecule has 0 aliphatic rings. The van der Waals surface area contributed by atoms with Crippen LogP contribution in [0.5, 0.6) is 11.5 Å².